The molecule has 0 spiro atoms. The molecule has 1 aliphatic heterocycles. The van der Waals surface area contributed by atoms with Crippen LogP contribution in [0.1, 0.15) is 49.0 Å². The molecule has 1 aromatic carbocycles. The molecule has 3 heteroatoms. The minimum atomic E-state index is -0.00829. The third-order valence-electron chi connectivity index (χ3n) is 3.64. The molecule has 2 atom stereocenters. The number of carbonyl (C=O) groups excluding carboxylic acids is 1. The van der Waals surface area contributed by atoms with Gasteiger partial charge >= 0.3 is 0 Å². The van der Waals surface area contributed by atoms with Crippen LogP contribution in [0, 0.1) is 0 Å². The van der Waals surface area contributed by atoms with Crippen molar-refractivity contribution in [2.45, 2.75) is 51.7 Å². The fourth-order valence-electron chi connectivity index (χ4n) is 2.49. The summed E-state index contributed by atoms with van der Waals surface area (Å²) in [6.07, 6.45) is 4.49. The highest BCUT2D eigenvalue weighted by Crippen LogP contribution is 2.16. The lowest BCUT2D eigenvalue weighted by Crippen LogP contribution is -2.40. The van der Waals surface area contributed by atoms with Crippen LogP contribution >= 0.6 is 0 Å². The largest absolute Gasteiger partial charge is 0.376 e. The molecule has 0 saturated carbocycles. The number of nitrogens with one attached hydrogen (secondary N) is 1. The Labute approximate surface area is 115 Å². The lowest BCUT2D eigenvalue weighted by atomic mass is 10.1. The standard InChI is InChI=1S/C16H23NO2/c1-3-5-13-7-9-14(10-8-13)16(18)17-12(2)15-6-4-11-19-15/h7-10,12,15H,3-6,11H2,1-2H3,(H,17,18)/t12-,15-/m1/s1. The highest BCUT2D eigenvalue weighted by Gasteiger charge is 2.23. The van der Waals surface area contributed by atoms with Gasteiger partial charge in [-0.3, -0.25) is 4.79 Å². The molecular formula is C16H23NO2. The van der Waals surface area contributed by atoms with Crippen LogP contribution in [0.3, 0.4) is 0 Å². The number of carbonyl (C=O) groups is 1. The molecule has 0 aliphatic carbocycles. The van der Waals surface area contributed by atoms with Crippen molar-refractivity contribution in [3.63, 3.8) is 0 Å². The molecular weight excluding hydrogens is 238 g/mol. The van der Waals surface area contributed by atoms with Gasteiger partial charge in [0.15, 0.2) is 0 Å². The first-order valence-electron chi connectivity index (χ1n) is 7.22. The van der Waals surface area contributed by atoms with E-state index in [1.54, 1.807) is 0 Å². The Bertz CT molecular complexity index is 407. The van der Waals surface area contributed by atoms with Gasteiger partial charge in [0.1, 0.15) is 0 Å². The predicted molar refractivity (Wildman–Crippen MR) is 76.3 cm³/mol. The van der Waals surface area contributed by atoms with Crippen LogP contribution in [0.25, 0.3) is 0 Å². The Morgan fingerprint density at radius 1 is 1.42 bits per heavy atom. The van der Waals surface area contributed by atoms with Gasteiger partial charge in [0, 0.05) is 12.2 Å². The van der Waals surface area contributed by atoms with Crippen LogP contribution < -0.4 is 5.32 Å². The average molecular weight is 261 g/mol. The predicted octanol–water partition coefficient (Wildman–Crippen LogP) is 2.94. The third kappa shape index (κ3) is 3.80. The SMILES string of the molecule is CCCc1ccc(C(=O)N[C@H](C)[C@H]2CCCO2)cc1. The van der Waals surface area contributed by atoms with Gasteiger partial charge in [-0.1, -0.05) is 25.5 Å². The second kappa shape index (κ2) is 6.71. The Balaban J connectivity index is 1.91. The second-order valence-corrected chi connectivity index (χ2v) is 5.26. The molecule has 19 heavy (non-hydrogen) atoms. The van der Waals surface area contributed by atoms with Gasteiger partial charge in [-0.15, -0.1) is 0 Å². The normalized spacial score (nSPS) is 20.2. The molecule has 2 rings (SSSR count). The van der Waals surface area contributed by atoms with Gasteiger partial charge in [-0.05, 0) is 43.9 Å². The van der Waals surface area contributed by atoms with Gasteiger partial charge in [-0.25, -0.2) is 0 Å². The second-order valence-electron chi connectivity index (χ2n) is 5.26. The zero-order valence-corrected chi connectivity index (χ0v) is 11.8. The molecule has 0 bridgehead atoms. The quantitative estimate of drug-likeness (QED) is 0.885. The summed E-state index contributed by atoms with van der Waals surface area (Å²) in [6, 6.07) is 7.96. The van der Waals surface area contributed by atoms with E-state index >= 15 is 0 Å². The van der Waals surface area contributed by atoms with Gasteiger partial charge < -0.3 is 10.1 Å². The van der Waals surface area contributed by atoms with Crippen molar-refractivity contribution in [2.75, 3.05) is 6.61 Å². The number of hydrogen-bond acceptors (Lipinski definition) is 2. The van der Waals surface area contributed by atoms with Crippen LogP contribution in [0.5, 0.6) is 0 Å². The number of amides is 1. The van der Waals surface area contributed by atoms with Crippen LogP contribution in [0.4, 0.5) is 0 Å². The number of benzene rings is 1. The molecule has 3 nitrogen and oxygen atoms in total. The summed E-state index contributed by atoms with van der Waals surface area (Å²) in [5, 5.41) is 3.03. The molecule has 1 aliphatic rings. The minimum absolute atomic E-state index is 0.00829. The first-order chi connectivity index (χ1) is 9.20. The summed E-state index contributed by atoms with van der Waals surface area (Å²) < 4.78 is 5.59. The number of ether oxygens (including phenoxy) is 1. The van der Waals surface area contributed by atoms with E-state index < -0.39 is 0 Å². The van der Waals surface area contributed by atoms with E-state index in [1.165, 1.54) is 5.56 Å². The topological polar surface area (TPSA) is 38.3 Å². The van der Waals surface area contributed by atoms with Gasteiger partial charge in [0.25, 0.3) is 5.91 Å². The molecule has 1 heterocycles. The van der Waals surface area contributed by atoms with E-state index in [0.717, 1.165) is 37.9 Å². The maximum Gasteiger partial charge on any atom is 0.251 e. The molecule has 1 saturated heterocycles. The van der Waals surface area contributed by atoms with Crippen molar-refractivity contribution in [1.29, 1.82) is 0 Å². The van der Waals surface area contributed by atoms with Crippen molar-refractivity contribution in [3.05, 3.63) is 35.4 Å². The summed E-state index contributed by atoms with van der Waals surface area (Å²) in [5.41, 5.74) is 2.01. The zero-order chi connectivity index (χ0) is 13.7. The van der Waals surface area contributed by atoms with Crippen LogP contribution in [0.2, 0.25) is 0 Å². The lowest BCUT2D eigenvalue weighted by molar-refractivity contribution is 0.0712. The number of aryl methyl sites for hydroxylation is 1. The molecule has 1 aromatic rings. The Hall–Kier alpha value is -1.35. The average Bonchev–Trinajstić information content (AvgIpc) is 2.94. The van der Waals surface area contributed by atoms with Crippen LogP contribution in [-0.2, 0) is 11.2 Å². The molecule has 1 N–H and O–H groups in total. The zero-order valence-electron chi connectivity index (χ0n) is 11.8. The summed E-state index contributed by atoms with van der Waals surface area (Å²) >= 11 is 0. The van der Waals surface area contributed by atoms with E-state index in [-0.39, 0.29) is 18.1 Å². The smallest absolute Gasteiger partial charge is 0.251 e. The first kappa shape index (κ1) is 14.1. The lowest BCUT2D eigenvalue weighted by Gasteiger charge is -2.20. The van der Waals surface area contributed by atoms with Crippen LogP contribution in [-0.4, -0.2) is 24.7 Å². The van der Waals surface area contributed by atoms with Crippen LogP contribution in [0.15, 0.2) is 24.3 Å². The number of rotatable bonds is 5. The molecule has 1 amide bonds. The maximum atomic E-state index is 12.1. The van der Waals surface area contributed by atoms with E-state index in [0.29, 0.717) is 0 Å². The maximum absolute atomic E-state index is 12.1. The summed E-state index contributed by atoms with van der Waals surface area (Å²) in [5.74, 6) is -0.00829. The summed E-state index contributed by atoms with van der Waals surface area (Å²) in [4.78, 5) is 12.1. The fourth-order valence-corrected chi connectivity index (χ4v) is 2.49. The first-order valence-corrected chi connectivity index (χ1v) is 7.22. The minimum Gasteiger partial charge on any atom is -0.376 e. The van der Waals surface area contributed by atoms with Crippen molar-refractivity contribution in [2.24, 2.45) is 0 Å². The van der Waals surface area contributed by atoms with Gasteiger partial charge in [-0.2, -0.15) is 0 Å². The van der Waals surface area contributed by atoms with Gasteiger partial charge in [0.05, 0.1) is 12.1 Å². The van der Waals surface area contributed by atoms with E-state index in [1.807, 2.05) is 31.2 Å². The van der Waals surface area contributed by atoms with Crippen molar-refractivity contribution in [1.82, 2.24) is 5.32 Å². The molecule has 1 fully saturated rings. The molecule has 0 unspecified atom stereocenters. The molecule has 0 aromatic heterocycles. The number of hydrogen-bond donors (Lipinski definition) is 1. The Morgan fingerprint density at radius 2 is 2.16 bits per heavy atom. The van der Waals surface area contributed by atoms with E-state index in [2.05, 4.69) is 12.2 Å². The Kier molecular flexibility index (Phi) is 4.97. The van der Waals surface area contributed by atoms with E-state index in [9.17, 15) is 4.79 Å². The van der Waals surface area contributed by atoms with Crippen molar-refractivity contribution in [3.8, 4) is 0 Å². The van der Waals surface area contributed by atoms with E-state index in [4.69, 9.17) is 4.74 Å². The fraction of sp³-hybridized carbons (Fsp3) is 0.562. The molecule has 0 radical (unpaired) electrons. The molecule has 104 valence electrons. The summed E-state index contributed by atoms with van der Waals surface area (Å²) in [7, 11) is 0. The third-order valence-corrected chi connectivity index (χ3v) is 3.64. The van der Waals surface area contributed by atoms with Crippen molar-refractivity contribution < 1.29 is 9.53 Å². The van der Waals surface area contributed by atoms with Crippen molar-refractivity contribution >= 4 is 5.91 Å². The summed E-state index contributed by atoms with van der Waals surface area (Å²) in [6.45, 7) is 4.99. The highest BCUT2D eigenvalue weighted by atomic mass is 16.5. The highest BCUT2D eigenvalue weighted by molar-refractivity contribution is 5.94. The van der Waals surface area contributed by atoms with Gasteiger partial charge in [0.2, 0.25) is 0 Å². The monoisotopic (exact) mass is 261 g/mol. The Morgan fingerprint density at radius 3 is 2.74 bits per heavy atom.